The van der Waals surface area contributed by atoms with Crippen molar-refractivity contribution in [3.05, 3.63) is 46.2 Å². The molecule has 0 fully saturated rings. The molecule has 1 atom stereocenters. The van der Waals surface area contributed by atoms with Gasteiger partial charge in [-0.3, -0.25) is 4.68 Å². The lowest BCUT2D eigenvalue weighted by Gasteiger charge is -2.17. The van der Waals surface area contributed by atoms with Crippen molar-refractivity contribution in [1.82, 2.24) is 9.78 Å². The molecule has 2 aromatic rings. The van der Waals surface area contributed by atoms with Gasteiger partial charge in [-0.1, -0.05) is 12.1 Å². The van der Waals surface area contributed by atoms with E-state index in [1.807, 2.05) is 18.8 Å². The first kappa shape index (κ1) is 14.1. The van der Waals surface area contributed by atoms with E-state index in [1.54, 1.807) is 6.20 Å². The fraction of sp³-hybridized carbons (Fsp3) is 0.357. The minimum Gasteiger partial charge on any atom is -0.378 e. The maximum atomic E-state index is 6.36. The molecule has 19 heavy (non-hydrogen) atoms. The molecule has 1 aromatic heterocycles. The molecule has 0 bridgehead atoms. The van der Waals surface area contributed by atoms with Crippen molar-refractivity contribution in [1.29, 1.82) is 0 Å². The maximum absolute atomic E-state index is 6.36. The Morgan fingerprint density at radius 3 is 2.47 bits per heavy atom. The van der Waals surface area contributed by atoms with Crippen LogP contribution >= 0.6 is 15.9 Å². The third-order valence-corrected chi connectivity index (χ3v) is 3.81. The monoisotopic (exact) mass is 322 g/mol. The molecule has 0 radical (unpaired) electrons. The number of hydrogen-bond acceptors (Lipinski definition) is 3. The minimum atomic E-state index is -0.173. The van der Waals surface area contributed by atoms with Gasteiger partial charge in [0.1, 0.15) is 0 Å². The third kappa shape index (κ3) is 2.82. The van der Waals surface area contributed by atoms with Gasteiger partial charge in [0.15, 0.2) is 0 Å². The SMILES string of the molecule is CCn1ncc(Br)c1C(N)c1ccc(N(C)C)cc1. The van der Waals surface area contributed by atoms with E-state index in [0.717, 1.165) is 22.3 Å². The molecule has 0 saturated carbocycles. The number of nitrogens with zero attached hydrogens (tertiary/aromatic N) is 3. The number of nitrogens with two attached hydrogens (primary N) is 1. The largest absolute Gasteiger partial charge is 0.378 e. The summed E-state index contributed by atoms with van der Waals surface area (Å²) in [5.41, 5.74) is 9.62. The van der Waals surface area contributed by atoms with Crippen LogP contribution in [0.1, 0.15) is 24.2 Å². The maximum Gasteiger partial charge on any atom is 0.0738 e. The Hall–Kier alpha value is -1.33. The molecule has 1 aromatic carbocycles. The van der Waals surface area contributed by atoms with Crippen LogP contribution in [0.5, 0.6) is 0 Å². The fourth-order valence-electron chi connectivity index (χ4n) is 2.07. The average Bonchev–Trinajstić information content (AvgIpc) is 2.79. The Morgan fingerprint density at radius 1 is 1.32 bits per heavy atom. The molecule has 0 saturated heterocycles. The standard InChI is InChI=1S/C14H19BrN4/c1-4-19-14(12(15)9-17-19)13(16)10-5-7-11(8-6-10)18(2)3/h5-9,13H,4,16H2,1-3H3. The average molecular weight is 323 g/mol. The first-order valence-corrected chi connectivity index (χ1v) is 7.08. The molecule has 102 valence electrons. The lowest BCUT2D eigenvalue weighted by atomic mass is 10.0. The van der Waals surface area contributed by atoms with Crippen LogP contribution in [0.25, 0.3) is 0 Å². The van der Waals surface area contributed by atoms with E-state index in [2.05, 4.69) is 57.1 Å². The van der Waals surface area contributed by atoms with Crippen molar-refractivity contribution in [3.63, 3.8) is 0 Å². The summed E-state index contributed by atoms with van der Waals surface area (Å²) in [7, 11) is 4.05. The van der Waals surface area contributed by atoms with Crippen molar-refractivity contribution in [3.8, 4) is 0 Å². The highest BCUT2D eigenvalue weighted by atomic mass is 79.9. The molecule has 4 nitrogen and oxygen atoms in total. The second-order valence-electron chi connectivity index (χ2n) is 4.66. The molecular weight excluding hydrogens is 304 g/mol. The van der Waals surface area contributed by atoms with Crippen LogP contribution in [0, 0.1) is 0 Å². The highest BCUT2D eigenvalue weighted by Crippen LogP contribution is 2.27. The van der Waals surface area contributed by atoms with Gasteiger partial charge in [0, 0.05) is 26.3 Å². The number of anilines is 1. The van der Waals surface area contributed by atoms with Crippen LogP contribution in [0.15, 0.2) is 34.9 Å². The van der Waals surface area contributed by atoms with Gasteiger partial charge >= 0.3 is 0 Å². The molecule has 0 aliphatic heterocycles. The van der Waals surface area contributed by atoms with E-state index in [-0.39, 0.29) is 6.04 Å². The van der Waals surface area contributed by atoms with Crippen LogP contribution in [0.2, 0.25) is 0 Å². The van der Waals surface area contributed by atoms with Crippen LogP contribution in [0.4, 0.5) is 5.69 Å². The summed E-state index contributed by atoms with van der Waals surface area (Å²) in [5, 5.41) is 4.31. The van der Waals surface area contributed by atoms with E-state index in [9.17, 15) is 0 Å². The third-order valence-electron chi connectivity index (χ3n) is 3.20. The Kier molecular flexibility index (Phi) is 4.27. The van der Waals surface area contributed by atoms with Crippen LogP contribution < -0.4 is 10.6 Å². The van der Waals surface area contributed by atoms with Gasteiger partial charge < -0.3 is 10.6 Å². The summed E-state index contributed by atoms with van der Waals surface area (Å²) in [6, 6.07) is 8.12. The fourth-order valence-corrected chi connectivity index (χ4v) is 2.61. The zero-order chi connectivity index (χ0) is 14.0. The number of benzene rings is 1. The number of aryl methyl sites for hydroxylation is 1. The number of halogens is 1. The molecule has 0 spiro atoms. The molecule has 0 amide bonds. The Bertz CT molecular complexity index is 545. The van der Waals surface area contributed by atoms with Gasteiger partial charge in [-0.05, 0) is 40.5 Å². The van der Waals surface area contributed by atoms with E-state index in [0.29, 0.717) is 0 Å². The molecule has 1 heterocycles. The minimum absolute atomic E-state index is 0.173. The van der Waals surface area contributed by atoms with Crippen molar-refractivity contribution in [2.24, 2.45) is 5.73 Å². The quantitative estimate of drug-likeness (QED) is 0.941. The topological polar surface area (TPSA) is 47.1 Å². The predicted octanol–water partition coefficient (Wildman–Crippen LogP) is 2.78. The molecule has 0 aliphatic rings. The van der Waals surface area contributed by atoms with Gasteiger partial charge in [0.05, 0.1) is 22.4 Å². The highest BCUT2D eigenvalue weighted by molar-refractivity contribution is 9.10. The van der Waals surface area contributed by atoms with Crippen LogP contribution in [0.3, 0.4) is 0 Å². The second-order valence-corrected chi connectivity index (χ2v) is 5.51. The summed E-state index contributed by atoms with van der Waals surface area (Å²) >= 11 is 3.52. The molecule has 0 aliphatic carbocycles. The second kappa shape index (κ2) is 5.75. The van der Waals surface area contributed by atoms with Crippen molar-refractivity contribution >= 4 is 21.6 Å². The lowest BCUT2D eigenvalue weighted by Crippen LogP contribution is -2.18. The van der Waals surface area contributed by atoms with Gasteiger partial charge in [-0.25, -0.2) is 0 Å². The smallest absolute Gasteiger partial charge is 0.0738 e. The molecule has 2 rings (SSSR count). The van der Waals surface area contributed by atoms with E-state index >= 15 is 0 Å². The zero-order valence-electron chi connectivity index (χ0n) is 11.5. The van der Waals surface area contributed by atoms with Crippen molar-refractivity contribution in [2.75, 3.05) is 19.0 Å². The summed E-state index contributed by atoms with van der Waals surface area (Å²) in [6.07, 6.45) is 1.80. The highest BCUT2D eigenvalue weighted by Gasteiger charge is 2.17. The first-order valence-electron chi connectivity index (χ1n) is 6.28. The number of aromatic nitrogens is 2. The van der Waals surface area contributed by atoms with E-state index < -0.39 is 0 Å². The number of hydrogen-bond donors (Lipinski definition) is 1. The summed E-state index contributed by atoms with van der Waals surface area (Å²) in [4.78, 5) is 2.07. The summed E-state index contributed by atoms with van der Waals surface area (Å²) in [6.45, 7) is 2.87. The van der Waals surface area contributed by atoms with Crippen LogP contribution in [-0.4, -0.2) is 23.9 Å². The molecule has 1 unspecified atom stereocenters. The van der Waals surface area contributed by atoms with Crippen molar-refractivity contribution < 1.29 is 0 Å². The van der Waals surface area contributed by atoms with Gasteiger partial charge in [0.2, 0.25) is 0 Å². The van der Waals surface area contributed by atoms with Gasteiger partial charge in [-0.2, -0.15) is 5.10 Å². The number of rotatable bonds is 4. The Labute approximate surface area is 122 Å². The first-order chi connectivity index (χ1) is 9.04. The summed E-state index contributed by atoms with van der Waals surface area (Å²) < 4.78 is 2.88. The molecule has 2 N–H and O–H groups in total. The van der Waals surface area contributed by atoms with Gasteiger partial charge in [-0.15, -0.1) is 0 Å². The van der Waals surface area contributed by atoms with Crippen LogP contribution in [-0.2, 0) is 6.54 Å². The van der Waals surface area contributed by atoms with E-state index in [1.165, 1.54) is 5.69 Å². The van der Waals surface area contributed by atoms with Crippen molar-refractivity contribution in [2.45, 2.75) is 19.5 Å². The predicted molar refractivity (Wildman–Crippen MR) is 82.4 cm³/mol. The summed E-state index contributed by atoms with van der Waals surface area (Å²) in [5.74, 6) is 0. The molecule has 5 heteroatoms. The van der Waals surface area contributed by atoms with Gasteiger partial charge in [0.25, 0.3) is 0 Å². The molecular formula is C14H19BrN4. The zero-order valence-corrected chi connectivity index (χ0v) is 13.1. The lowest BCUT2D eigenvalue weighted by molar-refractivity contribution is 0.599. The van der Waals surface area contributed by atoms with E-state index in [4.69, 9.17) is 5.73 Å². The normalized spacial score (nSPS) is 12.5. The Morgan fingerprint density at radius 2 is 1.95 bits per heavy atom. The Balaban J connectivity index is 2.33.